The van der Waals surface area contributed by atoms with Crippen molar-refractivity contribution in [2.45, 2.75) is 142 Å². The van der Waals surface area contributed by atoms with Gasteiger partial charge in [-0.05, 0) is 18.8 Å². The Morgan fingerprint density at radius 2 is 1.00 bits per heavy atom. The summed E-state index contributed by atoms with van der Waals surface area (Å²) in [5, 5.41) is 0. The molecule has 29 heavy (non-hydrogen) atoms. The molecule has 0 saturated heterocycles. The Hall–Kier alpha value is -0.790. The summed E-state index contributed by atoms with van der Waals surface area (Å²) in [7, 11) is 0. The van der Waals surface area contributed by atoms with Gasteiger partial charge in [-0.2, -0.15) is 0 Å². The summed E-state index contributed by atoms with van der Waals surface area (Å²) in [4.78, 5) is 11.4. The second-order valence-corrected chi connectivity index (χ2v) is 8.93. The molecule has 0 fully saturated rings. The highest BCUT2D eigenvalue weighted by Gasteiger charge is 2.11. The lowest BCUT2D eigenvalue weighted by Gasteiger charge is -2.16. The Morgan fingerprint density at radius 3 is 1.34 bits per heavy atom. The van der Waals surface area contributed by atoms with Crippen molar-refractivity contribution in [1.82, 2.24) is 0 Å². The molecule has 0 aromatic carbocycles. The minimum Gasteiger partial charge on any atom is -0.462 e. The molecule has 1 atom stereocenters. The summed E-state index contributed by atoms with van der Waals surface area (Å²) in [6.45, 7) is 8.64. The Labute approximate surface area is 183 Å². The summed E-state index contributed by atoms with van der Waals surface area (Å²) in [6.07, 6.45) is 28.3. The maximum absolute atomic E-state index is 11.4. The Balaban J connectivity index is 3.77. The number of rotatable bonds is 23. The molecule has 0 spiro atoms. The van der Waals surface area contributed by atoms with Crippen LogP contribution in [0.1, 0.15) is 142 Å². The number of ether oxygens (including phenoxy) is 1. The molecule has 0 N–H and O–H groups in total. The molecule has 0 rings (SSSR count). The monoisotopic (exact) mass is 408 g/mol. The van der Waals surface area contributed by atoms with Gasteiger partial charge in [-0.25, -0.2) is 4.79 Å². The molecule has 2 nitrogen and oxygen atoms in total. The largest absolute Gasteiger partial charge is 0.462 e. The molecular formula is C27H52O2. The van der Waals surface area contributed by atoms with Gasteiger partial charge in [-0.15, -0.1) is 0 Å². The van der Waals surface area contributed by atoms with E-state index >= 15 is 0 Å². The lowest BCUT2D eigenvalue weighted by atomic mass is 9.94. The molecule has 0 aliphatic rings. The minimum absolute atomic E-state index is 0.269. The van der Waals surface area contributed by atoms with Crippen molar-refractivity contribution in [3.05, 3.63) is 12.7 Å². The summed E-state index contributed by atoms with van der Waals surface area (Å²) in [5.41, 5.74) is 0. The van der Waals surface area contributed by atoms with Gasteiger partial charge in [0.2, 0.25) is 0 Å². The van der Waals surface area contributed by atoms with Crippen LogP contribution < -0.4 is 0 Å². The number of esters is 1. The SMILES string of the molecule is C=CC(=O)OCC(CCCCCCCCCC)CCCCCCCCCCCC. The average molecular weight is 409 g/mol. The van der Waals surface area contributed by atoms with Crippen LogP contribution in [0.3, 0.4) is 0 Å². The number of unbranched alkanes of at least 4 members (excludes halogenated alkanes) is 16. The van der Waals surface area contributed by atoms with Crippen LogP contribution in [-0.2, 0) is 9.53 Å². The molecule has 0 bridgehead atoms. The lowest BCUT2D eigenvalue weighted by Crippen LogP contribution is -2.13. The van der Waals surface area contributed by atoms with Crippen molar-refractivity contribution in [1.29, 1.82) is 0 Å². The summed E-state index contributed by atoms with van der Waals surface area (Å²) >= 11 is 0. The molecule has 0 aromatic heterocycles. The highest BCUT2D eigenvalue weighted by atomic mass is 16.5. The second-order valence-electron chi connectivity index (χ2n) is 8.93. The molecule has 0 aliphatic carbocycles. The van der Waals surface area contributed by atoms with Crippen molar-refractivity contribution in [3.8, 4) is 0 Å². The fourth-order valence-corrected chi connectivity index (χ4v) is 4.06. The molecule has 1 unspecified atom stereocenters. The fourth-order valence-electron chi connectivity index (χ4n) is 4.06. The van der Waals surface area contributed by atoms with Crippen LogP contribution in [-0.4, -0.2) is 12.6 Å². The van der Waals surface area contributed by atoms with E-state index in [1.54, 1.807) is 0 Å². The highest BCUT2D eigenvalue weighted by Crippen LogP contribution is 2.20. The number of hydrogen-bond acceptors (Lipinski definition) is 2. The van der Waals surface area contributed by atoms with Gasteiger partial charge in [0.15, 0.2) is 0 Å². The van der Waals surface area contributed by atoms with Crippen LogP contribution in [0, 0.1) is 5.92 Å². The first kappa shape index (κ1) is 28.2. The molecule has 0 saturated carbocycles. The second kappa shape index (κ2) is 23.5. The topological polar surface area (TPSA) is 26.3 Å². The van der Waals surface area contributed by atoms with Gasteiger partial charge in [0.05, 0.1) is 6.61 Å². The maximum atomic E-state index is 11.4. The van der Waals surface area contributed by atoms with Gasteiger partial charge < -0.3 is 4.74 Å². The fraction of sp³-hybridized carbons (Fsp3) is 0.889. The maximum Gasteiger partial charge on any atom is 0.330 e. The predicted molar refractivity (Wildman–Crippen MR) is 128 cm³/mol. The standard InChI is InChI=1S/C27H52O2/c1-4-7-9-11-13-15-16-18-20-22-24-26(25-29-27(28)6-3)23-21-19-17-14-12-10-8-5-2/h6,26H,3-5,7-25H2,1-2H3. The normalized spacial score (nSPS) is 12.1. The first-order valence-electron chi connectivity index (χ1n) is 13.0. The molecule has 0 heterocycles. The van der Waals surface area contributed by atoms with Crippen LogP contribution in [0.5, 0.6) is 0 Å². The molecule has 2 heteroatoms. The molecule has 0 aromatic rings. The van der Waals surface area contributed by atoms with Crippen LogP contribution in [0.25, 0.3) is 0 Å². The van der Waals surface area contributed by atoms with E-state index in [0.29, 0.717) is 12.5 Å². The van der Waals surface area contributed by atoms with Gasteiger partial charge in [-0.3, -0.25) is 0 Å². The van der Waals surface area contributed by atoms with E-state index in [2.05, 4.69) is 20.4 Å². The van der Waals surface area contributed by atoms with E-state index in [0.717, 1.165) is 0 Å². The number of carbonyl (C=O) groups excluding carboxylic acids is 1. The third-order valence-electron chi connectivity index (χ3n) is 6.06. The van der Waals surface area contributed by atoms with Crippen molar-refractivity contribution in [2.75, 3.05) is 6.61 Å². The van der Waals surface area contributed by atoms with Gasteiger partial charge in [-0.1, -0.05) is 136 Å². The van der Waals surface area contributed by atoms with Crippen LogP contribution in [0.15, 0.2) is 12.7 Å². The van der Waals surface area contributed by atoms with Gasteiger partial charge in [0, 0.05) is 6.08 Å². The summed E-state index contributed by atoms with van der Waals surface area (Å²) < 4.78 is 5.36. The van der Waals surface area contributed by atoms with Gasteiger partial charge in [0.25, 0.3) is 0 Å². The van der Waals surface area contributed by atoms with Crippen molar-refractivity contribution in [3.63, 3.8) is 0 Å². The van der Waals surface area contributed by atoms with E-state index in [4.69, 9.17) is 4.74 Å². The third-order valence-corrected chi connectivity index (χ3v) is 6.06. The third kappa shape index (κ3) is 21.7. The first-order chi connectivity index (χ1) is 14.2. The smallest absolute Gasteiger partial charge is 0.330 e. The quantitative estimate of drug-likeness (QED) is 0.0956. The van der Waals surface area contributed by atoms with E-state index < -0.39 is 0 Å². The molecular weight excluding hydrogens is 356 g/mol. The summed E-state index contributed by atoms with van der Waals surface area (Å²) in [5.74, 6) is 0.266. The van der Waals surface area contributed by atoms with Gasteiger partial charge in [0.1, 0.15) is 0 Å². The van der Waals surface area contributed by atoms with Crippen molar-refractivity contribution in [2.24, 2.45) is 5.92 Å². The molecule has 0 amide bonds. The Bertz CT molecular complexity index is 350. The first-order valence-corrected chi connectivity index (χ1v) is 13.0. The van der Waals surface area contributed by atoms with E-state index in [1.165, 1.54) is 134 Å². The zero-order chi connectivity index (χ0) is 21.4. The van der Waals surface area contributed by atoms with Crippen molar-refractivity contribution < 1.29 is 9.53 Å². The van der Waals surface area contributed by atoms with Gasteiger partial charge >= 0.3 is 5.97 Å². The van der Waals surface area contributed by atoms with Crippen LogP contribution in [0.4, 0.5) is 0 Å². The predicted octanol–water partition coefficient (Wildman–Crippen LogP) is 9.17. The molecule has 0 aliphatic heterocycles. The molecule has 0 radical (unpaired) electrons. The summed E-state index contributed by atoms with van der Waals surface area (Å²) in [6, 6.07) is 0. The number of hydrogen-bond donors (Lipinski definition) is 0. The van der Waals surface area contributed by atoms with E-state index in [-0.39, 0.29) is 5.97 Å². The zero-order valence-corrected chi connectivity index (χ0v) is 20.0. The lowest BCUT2D eigenvalue weighted by molar-refractivity contribution is -0.139. The minimum atomic E-state index is -0.269. The van der Waals surface area contributed by atoms with Crippen molar-refractivity contribution >= 4 is 5.97 Å². The number of carbonyl (C=O) groups is 1. The van der Waals surface area contributed by atoms with Crippen LogP contribution in [0.2, 0.25) is 0 Å². The Kier molecular flexibility index (Phi) is 22.8. The van der Waals surface area contributed by atoms with Crippen LogP contribution >= 0.6 is 0 Å². The van der Waals surface area contributed by atoms with E-state index in [1.807, 2.05) is 0 Å². The molecule has 172 valence electrons. The Morgan fingerprint density at radius 1 is 0.655 bits per heavy atom. The average Bonchev–Trinajstić information content (AvgIpc) is 2.74. The van der Waals surface area contributed by atoms with E-state index in [9.17, 15) is 4.79 Å². The zero-order valence-electron chi connectivity index (χ0n) is 20.0. The highest BCUT2D eigenvalue weighted by molar-refractivity contribution is 5.81.